The van der Waals surface area contributed by atoms with Crippen molar-refractivity contribution >= 4 is 15.9 Å². The molecule has 2 rings (SSSR count). The maximum Gasteiger partial charge on any atom is 0.119 e. The monoisotopic (exact) mass is 353 g/mol. The zero-order valence-electron chi connectivity index (χ0n) is 13.5. The first kappa shape index (κ1) is 16.8. The molecule has 0 saturated heterocycles. The minimum atomic E-state index is 0.264. The van der Waals surface area contributed by atoms with Gasteiger partial charge < -0.3 is 10.5 Å². The number of hydrogen-bond donors (Lipinski definition) is 1. The van der Waals surface area contributed by atoms with Crippen molar-refractivity contribution in [3.63, 3.8) is 0 Å². The molecule has 0 bridgehead atoms. The Morgan fingerprint density at radius 2 is 2.00 bits per heavy atom. The van der Waals surface area contributed by atoms with Crippen molar-refractivity contribution in [3.8, 4) is 5.75 Å². The Balaban J connectivity index is 2.13. The molecule has 0 spiro atoms. The number of rotatable bonds is 5. The maximum absolute atomic E-state index is 6.18. The molecule has 0 heterocycles. The summed E-state index contributed by atoms with van der Waals surface area (Å²) in [4.78, 5) is 0. The van der Waals surface area contributed by atoms with Crippen LogP contribution in [-0.4, -0.2) is 13.7 Å². The van der Waals surface area contributed by atoms with Gasteiger partial charge in [-0.2, -0.15) is 0 Å². The van der Waals surface area contributed by atoms with Gasteiger partial charge in [0, 0.05) is 4.47 Å². The van der Waals surface area contributed by atoms with Gasteiger partial charge in [-0.3, -0.25) is 0 Å². The first-order valence-electron chi connectivity index (χ1n) is 8.02. The third-order valence-electron chi connectivity index (χ3n) is 5.29. The molecule has 3 heteroatoms. The highest BCUT2D eigenvalue weighted by Gasteiger charge is 2.35. The van der Waals surface area contributed by atoms with Crippen LogP contribution in [0.5, 0.6) is 5.75 Å². The van der Waals surface area contributed by atoms with E-state index in [1.165, 1.54) is 35.7 Å². The molecular formula is C18H28BrNO. The lowest BCUT2D eigenvalue weighted by atomic mass is 9.65. The van der Waals surface area contributed by atoms with Crippen LogP contribution in [0.15, 0.2) is 22.7 Å². The van der Waals surface area contributed by atoms with Crippen LogP contribution in [0, 0.1) is 17.3 Å². The smallest absolute Gasteiger partial charge is 0.119 e. The molecule has 1 saturated carbocycles. The van der Waals surface area contributed by atoms with Gasteiger partial charge in [-0.25, -0.2) is 0 Å². The lowest BCUT2D eigenvalue weighted by Crippen LogP contribution is -2.37. The average molecular weight is 354 g/mol. The normalized spacial score (nSPS) is 26.1. The molecule has 2 nitrogen and oxygen atoms in total. The summed E-state index contributed by atoms with van der Waals surface area (Å²) in [6.45, 7) is 5.47. The quantitative estimate of drug-likeness (QED) is 0.825. The third-order valence-corrected chi connectivity index (χ3v) is 6.06. The first-order valence-corrected chi connectivity index (χ1v) is 8.81. The van der Waals surface area contributed by atoms with Crippen molar-refractivity contribution in [2.45, 2.75) is 46.0 Å². The van der Waals surface area contributed by atoms with E-state index in [0.717, 1.165) is 30.6 Å². The number of halogens is 1. The average Bonchev–Trinajstić information content (AvgIpc) is 2.50. The molecule has 0 amide bonds. The fraction of sp³-hybridized carbons (Fsp3) is 0.667. The molecule has 1 aromatic rings. The number of methoxy groups -OCH3 is 1. The molecule has 0 aromatic heterocycles. The highest BCUT2D eigenvalue weighted by molar-refractivity contribution is 9.10. The van der Waals surface area contributed by atoms with Gasteiger partial charge in [-0.15, -0.1) is 0 Å². The van der Waals surface area contributed by atoms with Gasteiger partial charge in [0.2, 0.25) is 0 Å². The Bertz CT molecular complexity index is 464. The zero-order chi connectivity index (χ0) is 15.5. The molecule has 21 heavy (non-hydrogen) atoms. The summed E-state index contributed by atoms with van der Waals surface area (Å²) < 4.78 is 6.53. The molecular weight excluding hydrogens is 326 g/mol. The van der Waals surface area contributed by atoms with Crippen molar-refractivity contribution in [1.82, 2.24) is 0 Å². The fourth-order valence-corrected chi connectivity index (χ4v) is 3.98. The second-order valence-electron chi connectivity index (χ2n) is 6.92. The van der Waals surface area contributed by atoms with Gasteiger partial charge in [0.05, 0.1) is 7.11 Å². The van der Waals surface area contributed by atoms with E-state index in [2.05, 4.69) is 41.9 Å². The van der Waals surface area contributed by atoms with Gasteiger partial charge in [-0.05, 0) is 79.7 Å². The third kappa shape index (κ3) is 4.01. The van der Waals surface area contributed by atoms with Crippen LogP contribution in [0.25, 0.3) is 0 Å². The van der Waals surface area contributed by atoms with E-state index < -0.39 is 0 Å². The number of nitrogens with two attached hydrogens (primary N) is 1. The first-order chi connectivity index (χ1) is 9.99. The second-order valence-corrected chi connectivity index (χ2v) is 7.77. The van der Waals surface area contributed by atoms with Crippen molar-refractivity contribution in [1.29, 1.82) is 0 Å². The van der Waals surface area contributed by atoms with E-state index >= 15 is 0 Å². The summed E-state index contributed by atoms with van der Waals surface area (Å²) in [5.74, 6) is 2.60. The molecule has 0 atom stereocenters. The Hall–Kier alpha value is -0.540. The van der Waals surface area contributed by atoms with Crippen molar-refractivity contribution in [2.24, 2.45) is 23.0 Å². The number of benzene rings is 1. The molecule has 1 fully saturated rings. The van der Waals surface area contributed by atoms with Crippen LogP contribution in [0.4, 0.5) is 0 Å². The maximum atomic E-state index is 6.18. The highest BCUT2D eigenvalue weighted by atomic mass is 79.9. The van der Waals surface area contributed by atoms with Crippen LogP contribution in [0.1, 0.15) is 45.1 Å². The fourth-order valence-electron chi connectivity index (χ4n) is 3.59. The summed E-state index contributed by atoms with van der Waals surface area (Å²) in [6.07, 6.45) is 6.17. The minimum Gasteiger partial charge on any atom is -0.497 e. The standard InChI is InChI=1S/C18H28BrNO/c1-13(2)14-6-8-18(12-20,9-7-14)11-15-10-16(21-3)4-5-17(15)19/h4-5,10,13-14H,6-9,11-12,20H2,1-3H3. The van der Waals surface area contributed by atoms with Crippen molar-refractivity contribution < 1.29 is 4.74 Å². The molecule has 1 aliphatic rings. The van der Waals surface area contributed by atoms with Crippen molar-refractivity contribution in [2.75, 3.05) is 13.7 Å². The van der Waals surface area contributed by atoms with Crippen LogP contribution in [0.3, 0.4) is 0 Å². The van der Waals surface area contributed by atoms with E-state index in [1.807, 2.05) is 6.07 Å². The Morgan fingerprint density at radius 1 is 1.33 bits per heavy atom. The molecule has 2 N–H and O–H groups in total. The highest BCUT2D eigenvalue weighted by Crippen LogP contribution is 2.44. The van der Waals surface area contributed by atoms with Gasteiger partial charge in [0.15, 0.2) is 0 Å². The van der Waals surface area contributed by atoms with E-state index in [4.69, 9.17) is 10.5 Å². The summed E-state index contributed by atoms with van der Waals surface area (Å²) in [6, 6.07) is 6.23. The Labute approximate surface area is 137 Å². The van der Waals surface area contributed by atoms with E-state index in [0.29, 0.717) is 0 Å². The summed E-state index contributed by atoms with van der Waals surface area (Å²) >= 11 is 3.68. The summed E-state index contributed by atoms with van der Waals surface area (Å²) in [5.41, 5.74) is 7.77. The van der Waals surface area contributed by atoms with E-state index in [1.54, 1.807) is 7.11 Å². The van der Waals surface area contributed by atoms with Crippen LogP contribution in [-0.2, 0) is 6.42 Å². The lowest BCUT2D eigenvalue weighted by Gasteiger charge is -2.41. The van der Waals surface area contributed by atoms with Gasteiger partial charge in [0.25, 0.3) is 0 Å². The molecule has 118 valence electrons. The van der Waals surface area contributed by atoms with Crippen LogP contribution in [0.2, 0.25) is 0 Å². The van der Waals surface area contributed by atoms with Crippen molar-refractivity contribution in [3.05, 3.63) is 28.2 Å². The zero-order valence-corrected chi connectivity index (χ0v) is 15.1. The molecule has 1 aliphatic carbocycles. The minimum absolute atomic E-state index is 0.264. The van der Waals surface area contributed by atoms with Crippen LogP contribution >= 0.6 is 15.9 Å². The molecule has 0 radical (unpaired) electrons. The molecule has 0 unspecified atom stereocenters. The second kappa shape index (κ2) is 7.15. The van der Waals surface area contributed by atoms with Crippen LogP contribution < -0.4 is 10.5 Å². The number of ether oxygens (including phenoxy) is 1. The Morgan fingerprint density at radius 3 is 2.52 bits per heavy atom. The molecule has 0 aliphatic heterocycles. The predicted octanol–water partition coefficient (Wildman–Crippen LogP) is 4.79. The lowest BCUT2D eigenvalue weighted by molar-refractivity contribution is 0.132. The van der Waals surface area contributed by atoms with Gasteiger partial charge in [-0.1, -0.05) is 29.8 Å². The topological polar surface area (TPSA) is 35.2 Å². The summed E-state index contributed by atoms with van der Waals surface area (Å²) in [5, 5.41) is 0. The Kier molecular flexibility index (Phi) is 5.73. The summed E-state index contributed by atoms with van der Waals surface area (Å²) in [7, 11) is 1.72. The largest absolute Gasteiger partial charge is 0.497 e. The van der Waals surface area contributed by atoms with Gasteiger partial charge in [0.1, 0.15) is 5.75 Å². The van der Waals surface area contributed by atoms with E-state index in [9.17, 15) is 0 Å². The molecule has 1 aromatic carbocycles. The van der Waals surface area contributed by atoms with E-state index in [-0.39, 0.29) is 5.41 Å². The van der Waals surface area contributed by atoms with Gasteiger partial charge >= 0.3 is 0 Å². The SMILES string of the molecule is COc1ccc(Br)c(CC2(CN)CCC(C(C)C)CC2)c1. The number of hydrogen-bond acceptors (Lipinski definition) is 2. The predicted molar refractivity (Wildman–Crippen MR) is 92.7 cm³/mol.